The molecule has 2 nitrogen and oxygen atoms in total. The average molecular weight is 834 g/mol. The second-order valence-electron chi connectivity index (χ2n) is 16.3. The molecule has 0 spiro atoms. The molecule has 0 saturated carbocycles. The van der Waals surface area contributed by atoms with E-state index in [1.807, 2.05) is 0 Å². The van der Waals surface area contributed by atoms with Crippen molar-refractivity contribution < 1.29 is 0 Å². The molecule has 60 heavy (non-hydrogen) atoms. The molecule has 0 radical (unpaired) electrons. The van der Waals surface area contributed by atoms with E-state index in [1.165, 1.54) is 77.4 Å². The fourth-order valence-corrected chi connectivity index (χ4v) is 9.74. The number of anilines is 3. The Kier molecular flexibility index (Phi) is 8.68. The molecule has 0 unspecified atom stereocenters. The van der Waals surface area contributed by atoms with Crippen molar-refractivity contribution in [1.29, 1.82) is 0 Å². The average Bonchev–Trinajstić information content (AvgIpc) is 3.75. The number of hydrogen-bond acceptors (Lipinski definition) is 1. The third kappa shape index (κ3) is 6.00. The van der Waals surface area contributed by atoms with Gasteiger partial charge in [-0.1, -0.05) is 169 Å². The Morgan fingerprint density at radius 2 is 0.950 bits per heavy atom. The van der Waals surface area contributed by atoms with Gasteiger partial charge in [0.1, 0.15) is 0 Å². The molecule has 11 rings (SSSR count). The van der Waals surface area contributed by atoms with E-state index in [-0.39, 0.29) is 5.41 Å². The molecule has 3 heteroatoms. The highest BCUT2D eigenvalue weighted by Crippen LogP contribution is 2.51. The van der Waals surface area contributed by atoms with Crippen LogP contribution in [0.5, 0.6) is 0 Å². The maximum absolute atomic E-state index is 3.61. The van der Waals surface area contributed by atoms with Crippen LogP contribution in [0.3, 0.4) is 0 Å². The number of rotatable bonds is 7. The first-order valence-electron chi connectivity index (χ1n) is 20.6. The number of aromatic nitrogens is 1. The summed E-state index contributed by atoms with van der Waals surface area (Å²) in [6.07, 6.45) is 0. The molecule has 1 aromatic heterocycles. The molecule has 286 valence electrons. The van der Waals surface area contributed by atoms with Gasteiger partial charge < -0.3 is 9.47 Å². The first-order valence-corrected chi connectivity index (χ1v) is 21.4. The summed E-state index contributed by atoms with van der Waals surface area (Å²) in [5, 5.41) is 2.47. The largest absolute Gasteiger partial charge is 0.310 e. The second kappa shape index (κ2) is 14.4. The summed E-state index contributed by atoms with van der Waals surface area (Å²) in [4.78, 5) is 2.41. The zero-order valence-electron chi connectivity index (χ0n) is 33.5. The van der Waals surface area contributed by atoms with Crippen molar-refractivity contribution >= 4 is 54.8 Å². The van der Waals surface area contributed by atoms with Gasteiger partial charge in [0.2, 0.25) is 0 Å². The van der Waals surface area contributed by atoms with Gasteiger partial charge in [0.25, 0.3) is 0 Å². The Balaban J connectivity index is 1.05. The predicted molar refractivity (Wildman–Crippen MR) is 257 cm³/mol. The van der Waals surface area contributed by atoms with Gasteiger partial charge in [-0.25, -0.2) is 0 Å². The van der Waals surface area contributed by atoms with E-state index < -0.39 is 0 Å². The van der Waals surface area contributed by atoms with E-state index in [1.54, 1.807) is 0 Å². The van der Waals surface area contributed by atoms with Gasteiger partial charge in [-0.2, -0.15) is 0 Å². The maximum Gasteiger partial charge on any atom is 0.0619 e. The number of para-hydroxylation sites is 2. The van der Waals surface area contributed by atoms with Crippen molar-refractivity contribution in [1.82, 2.24) is 4.57 Å². The number of benzene rings is 9. The third-order valence-electron chi connectivity index (χ3n) is 12.5. The van der Waals surface area contributed by atoms with E-state index in [2.05, 4.69) is 252 Å². The Bertz CT molecular complexity index is 3200. The summed E-state index contributed by atoms with van der Waals surface area (Å²) >= 11 is 3.61. The van der Waals surface area contributed by atoms with Crippen LogP contribution < -0.4 is 4.90 Å². The van der Waals surface area contributed by atoms with Crippen molar-refractivity contribution in [3.63, 3.8) is 0 Å². The highest BCUT2D eigenvalue weighted by atomic mass is 79.9. The minimum atomic E-state index is -0.108. The number of halogens is 1. The number of hydrogen-bond donors (Lipinski definition) is 0. The highest BCUT2D eigenvalue weighted by Gasteiger charge is 2.35. The van der Waals surface area contributed by atoms with Gasteiger partial charge in [0.05, 0.1) is 11.0 Å². The van der Waals surface area contributed by atoms with Crippen LogP contribution in [0.25, 0.3) is 72.0 Å². The van der Waals surface area contributed by atoms with Gasteiger partial charge in [-0.3, -0.25) is 0 Å². The molecular formula is C57H41BrN2. The topological polar surface area (TPSA) is 8.17 Å². The minimum Gasteiger partial charge on any atom is -0.310 e. The fraction of sp³-hybridized carbons (Fsp3) is 0.0526. The number of fused-ring (bicyclic) bond motifs is 6. The Morgan fingerprint density at radius 3 is 1.68 bits per heavy atom. The minimum absolute atomic E-state index is 0.108. The van der Waals surface area contributed by atoms with Crippen molar-refractivity contribution in [2.75, 3.05) is 4.90 Å². The van der Waals surface area contributed by atoms with Gasteiger partial charge in [0.15, 0.2) is 0 Å². The lowest BCUT2D eigenvalue weighted by Crippen LogP contribution is -2.16. The Morgan fingerprint density at radius 1 is 0.400 bits per heavy atom. The van der Waals surface area contributed by atoms with E-state index >= 15 is 0 Å². The fourth-order valence-electron chi connectivity index (χ4n) is 9.47. The smallest absolute Gasteiger partial charge is 0.0619 e. The van der Waals surface area contributed by atoms with E-state index in [4.69, 9.17) is 0 Å². The molecule has 10 aromatic rings. The van der Waals surface area contributed by atoms with Gasteiger partial charge in [-0.05, 0) is 123 Å². The van der Waals surface area contributed by atoms with E-state index in [0.717, 1.165) is 27.2 Å². The highest BCUT2D eigenvalue weighted by molar-refractivity contribution is 9.10. The lowest BCUT2D eigenvalue weighted by atomic mass is 9.82. The van der Waals surface area contributed by atoms with Crippen molar-refractivity contribution in [2.24, 2.45) is 0 Å². The normalized spacial score (nSPS) is 12.7. The lowest BCUT2D eigenvalue weighted by molar-refractivity contribution is 0.660. The molecule has 0 amide bonds. The van der Waals surface area contributed by atoms with E-state index in [0.29, 0.717) is 0 Å². The molecule has 1 aliphatic rings. The monoisotopic (exact) mass is 832 g/mol. The molecule has 0 bridgehead atoms. The first kappa shape index (κ1) is 36.2. The van der Waals surface area contributed by atoms with Crippen LogP contribution in [0.4, 0.5) is 17.1 Å². The van der Waals surface area contributed by atoms with Crippen molar-refractivity contribution in [3.05, 3.63) is 228 Å². The molecule has 0 atom stereocenters. The summed E-state index contributed by atoms with van der Waals surface area (Å²) in [6, 6.07) is 77.6. The van der Waals surface area contributed by atoms with Gasteiger partial charge in [0, 0.05) is 49.0 Å². The SMILES string of the molecule is CC1(C)c2ccccc2-c2ccc(N(c3ccc(-c4ccccc4)cc3)c3ccc(-c4cccc5c6cc(-c7ccc(Br)cc7)ccc6n(-c6ccccc6)c45)cc3)cc21. The van der Waals surface area contributed by atoms with E-state index in [9.17, 15) is 0 Å². The Hall–Kier alpha value is -6.94. The summed E-state index contributed by atoms with van der Waals surface area (Å²) in [5.74, 6) is 0. The van der Waals surface area contributed by atoms with Crippen molar-refractivity contribution in [3.8, 4) is 50.2 Å². The molecular weight excluding hydrogens is 793 g/mol. The standard InChI is InChI=1S/C57H41BrN2/c1-57(2)53-19-10-9-16-49(53)50-34-33-47(37-54(50)57)59(45-29-22-39(23-30-45)38-12-5-3-6-13-38)46-31-24-41(25-32-46)48-17-11-18-51-52-36-42(40-20-27-43(58)28-21-40)26-35-55(52)60(56(48)51)44-14-7-4-8-15-44/h3-37H,1-2H3. The number of nitrogens with zero attached hydrogens (tertiary/aromatic N) is 2. The second-order valence-corrected chi connectivity index (χ2v) is 17.2. The van der Waals surface area contributed by atoms with Crippen LogP contribution in [0.2, 0.25) is 0 Å². The van der Waals surface area contributed by atoms with Gasteiger partial charge >= 0.3 is 0 Å². The lowest BCUT2D eigenvalue weighted by Gasteiger charge is -2.28. The summed E-state index contributed by atoms with van der Waals surface area (Å²) in [7, 11) is 0. The quantitative estimate of drug-likeness (QED) is 0.155. The molecule has 1 heterocycles. The predicted octanol–water partition coefficient (Wildman–Crippen LogP) is 16.3. The zero-order chi connectivity index (χ0) is 40.4. The molecule has 1 aliphatic carbocycles. The van der Waals surface area contributed by atoms with Crippen LogP contribution in [0.15, 0.2) is 217 Å². The molecule has 0 N–H and O–H groups in total. The van der Waals surface area contributed by atoms with Crippen LogP contribution >= 0.6 is 15.9 Å². The molecule has 0 aliphatic heterocycles. The Labute approximate surface area is 359 Å². The van der Waals surface area contributed by atoms with Crippen LogP contribution in [0.1, 0.15) is 25.0 Å². The van der Waals surface area contributed by atoms with Gasteiger partial charge in [-0.15, -0.1) is 0 Å². The van der Waals surface area contributed by atoms with Crippen LogP contribution in [0, 0.1) is 0 Å². The summed E-state index contributed by atoms with van der Waals surface area (Å²) in [6.45, 7) is 4.71. The molecule has 0 saturated heterocycles. The maximum atomic E-state index is 3.61. The zero-order valence-corrected chi connectivity index (χ0v) is 35.1. The van der Waals surface area contributed by atoms with Crippen LogP contribution in [-0.4, -0.2) is 4.57 Å². The first-order chi connectivity index (χ1) is 29.4. The summed E-state index contributed by atoms with van der Waals surface area (Å²) in [5.41, 5.74) is 19.3. The van der Waals surface area contributed by atoms with Crippen molar-refractivity contribution in [2.45, 2.75) is 19.3 Å². The molecule has 0 fully saturated rings. The third-order valence-corrected chi connectivity index (χ3v) is 13.0. The summed E-state index contributed by atoms with van der Waals surface area (Å²) < 4.78 is 3.51. The van der Waals surface area contributed by atoms with Crippen LogP contribution in [-0.2, 0) is 5.41 Å². The molecule has 9 aromatic carbocycles.